The highest BCUT2D eigenvalue weighted by Gasteiger charge is 1.86. The highest BCUT2D eigenvalue weighted by Crippen LogP contribution is 2.03. The van der Waals surface area contributed by atoms with Gasteiger partial charge in [0, 0.05) is 19.0 Å². The Bertz CT molecular complexity index is 145. The van der Waals surface area contributed by atoms with E-state index in [1.54, 1.807) is 13.3 Å². The zero-order valence-corrected chi connectivity index (χ0v) is 6.67. The topological polar surface area (TPSA) is 24.7 Å². The van der Waals surface area contributed by atoms with E-state index in [0.717, 1.165) is 18.5 Å². The fraction of sp³-hybridized carbons (Fsp3) is 0.500. The summed E-state index contributed by atoms with van der Waals surface area (Å²) in [5.74, 6) is 0. The van der Waals surface area contributed by atoms with Gasteiger partial charge in [0.25, 0.3) is 0 Å². The van der Waals surface area contributed by atoms with Gasteiger partial charge in [-0.2, -0.15) is 0 Å². The molecule has 2 nitrogen and oxygen atoms in total. The number of allylic oxidation sites excluding steroid dienone is 2. The molecular formula is C8H14N2. The van der Waals surface area contributed by atoms with Crippen LogP contribution in [0.25, 0.3) is 0 Å². The van der Waals surface area contributed by atoms with Crippen LogP contribution >= 0.6 is 0 Å². The Labute approximate surface area is 62.4 Å². The molecule has 0 rings (SSSR count). The van der Waals surface area contributed by atoms with Gasteiger partial charge in [0.15, 0.2) is 0 Å². The Morgan fingerprint density at radius 2 is 2.30 bits per heavy atom. The zero-order valence-electron chi connectivity index (χ0n) is 6.67. The second-order valence-corrected chi connectivity index (χ2v) is 1.97. The minimum Gasteiger partial charge on any atom is -0.296 e. The second kappa shape index (κ2) is 6.20. The molecule has 0 aliphatic heterocycles. The Hall–Kier alpha value is -0.920. The van der Waals surface area contributed by atoms with Gasteiger partial charge in [0.2, 0.25) is 0 Å². The summed E-state index contributed by atoms with van der Waals surface area (Å²) < 4.78 is 0. The van der Waals surface area contributed by atoms with Crippen LogP contribution in [0.2, 0.25) is 0 Å². The van der Waals surface area contributed by atoms with E-state index in [1.807, 2.05) is 6.08 Å². The molecule has 10 heavy (non-hydrogen) atoms. The van der Waals surface area contributed by atoms with Gasteiger partial charge < -0.3 is 0 Å². The largest absolute Gasteiger partial charge is 0.296 e. The summed E-state index contributed by atoms with van der Waals surface area (Å²) in [5.41, 5.74) is 1.01. The first kappa shape index (κ1) is 9.08. The summed E-state index contributed by atoms with van der Waals surface area (Å²) in [6, 6.07) is 0. The molecule has 0 bridgehead atoms. The Balaban J connectivity index is 3.90. The zero-order chi connectivity index (χ0) is 7.82. The van der Waals surface area contributed by atoms with Crippen LogP contribution in [0.4, 0.5) is 0 Å². The number of hydrogen-bond acceptors (Lipinski definition) is 2. The highest BCUT2D eigenvalue weighted by molar-refractivity contribution is 5.72. The number of rotatable bonds is 4. The van der Waals surface area contributed by atoms with Gasteiger partial charge in [-0.25, -0.2) is 0 Å². The minimum atomic E-state index is 0.982. The van der Waals surface area contributed by atoms with Crippen molar-refractivity contribution in [1.29, 1.82) is 0 Å². The quantitative estimate of drug-likeness (QED) is 0.531. The van der Waals surface area contributed by atoms with Gasteiger partial charge in [-0.1, -0.05) is 13.3 Å². The third kappa shape index (κ3) is 4.01. The molecule has 0 heterocycles. The molecule has 0 N–H and O–H groups in total. The standard InChI is InChI=1S/C8H14N2/c1-4-5-8(10-3)6-7-9-2/h6-7H,3-5H2,1-2H3/b8-6-,9-7-. The van der Waals surface area contributed by atoms with E-state index >= 15 is 0 Å². The van der Waals surface area contributed by atoms with E-state index in [1.165, 1.54) is 0 Å². The van der Waals surface area contributed by atoms with Crippen molar-refractivity contribution >= 4 is 12.9 Å². The lowest BCUT2D eigenvalue weighted by atomic mass is 10.2. The summed E-state index contributed by atoms with van der Waals surface area (Å²) in [5, 5.41) is 0. The summed E-state index contributed by atoms with van der Waals surface area (Å²) in [7, 11) is 1.74. The fourth-order valence-electron chi connectivity index (χ4n) is 0.632. The van der Waals surface area contributed by atoms with Gasteiger partial charge in [-0.05, 0) is 19.2 Å². The van der Waals surface area contributed by atoms with Gasteiger partial charge in [0.1, 0.15) is 0 Å². The van der Waals surface area contributed by atoms with Crippen molar-refractivity contribution in [2.75, 3.05) is 7.05 Å². The lowest BCUT2D eigenvalue weighted by Crippen LogP contribution is -1.77. The molecule has 0 atom stereocenters. The predicted molar refractivity (Wildman–Crippen MR) is 47.0 cm³/mol. The van der Waals surface area contributed by atoms with Crippen LogP contribution in [-0.2, 0) is 0 Å². The molecule has 0 amide bonds. The van der Waals surface area contributed by atoms with Gasteiger partial charge in [-0.3, -0.25) is 9.98 Å². The Morgan fingerprint density at radius 1 is 1.60 bits per heavy atom. The van der Waals surface area contributed by atoms with Crippen LogP contribution in [0, 0.1) is 0 Å². The van der Waals surface area contributed by atoms with E-state index in [2.05, 4.69) is 23.6 Å². The van der Waals surface area contributed by atoms with Crippen molar-refractivity contribution in [3.05, 3.63) is 11.8 Å². The molecule has 0 aromatic heterocycles. The van der Waals surface area contributed by atoms with Crippen LogP contribution in [0.1, 0.15) is 19.8 Å². The molecule has 2 heteroatoms. The van der Waals surface area contributed by atoms with E-state index in [0.29, 0.717) is 0 Å². The van der Waals surface area contributed by atoms with Crippen LogP contribution in [0.15, 0.2) is 21.8 Å². The van der Waals surface area contributed by atoms with Crippen molar-refractivity contribution in [3.8, 4) is 0 Å². The molecule has 0 aliphatic rings. The highest BCUT2D eigenvalue weighted by atomic mass is 14.7. The molecule has 0 spiro atoms. The maximum Gasteiger partial charge on any atom is 0.0411 e. The Kier molecular flexibility index (Phi) is 5.63. The summed E-state index contributed by atoms with van der Waals surface area (Å²) in [6.45, 7) is 5.57. The smallest absolute Gasteiger partial charge is 0.0411 e. The molecule has 0 aromatic carbocycles. The van der Waals surface area contributed by atoms with Crippen LogP contribution < -0.4 is 0 Å². The van der Waals surface area contributed by atoms with Gasteiger partial charge >= 0.3 is 0 Å². The normalized spacial score (nSPS) is 12.4. The third-order valence-electron chi connectivity index (χ3n) is 1.13. The van der Waals surface area contributed by atoms with E-state index in [-0.39, 0.29) is 0 Å². The molecule has 0 unspecified atom stereocenters. The first-order valence-corrected chi connectivity index (χ1v) is 3.43. The molecule has 0 radical (unpaired) electrons. The maximum absolute atomic E-state index is 3.84. The van der Waals surface area contributed by atoms with Gasteiger partial charge in [0.05, 0.1) is 0 Å². The number of aliphatic imine (C=N–C) groups is 2. The second-order valence-electron chi connectivity index (χ2n) is 1.97. The molecule has 56 valence electrons. The predicted octanol–water partition coefficient (Wildman–Crippen LogP) is 2.07. The summed E-state index contributed by atoms with van der Waals surface area (Å²) >= 11 is 0. The van der Waals surface area contributed by atoms with Crippen LogP contribution in [0.5, 0.6) is 0 Å². The first-order valence-electron chi connectivity index (χ1n) is 3.43. The molecule has 0 fully saturated rings. The monoisotopic (exact) mass is 138 g/mol. The van der Waals surface area contributed by atoms with E-state index in [4.69, 9.17) is 0 Å². The van der Waals surface area contributed by atoms with Crippen LogP contribution in [-0.4, -0.2) is 20.0 Å². The fourth-order valence-corrected chi connectivity index (χ4v) is 0.632. The molecule has 0 saturated heterocycles. The van der Waals surface area contributed by atoms with Crippen molar-refractivity contribution in [1.82, 2.24) is 0 Å². The van der Waals surface area contributed by atoms with Crippen molar-refractivity contribution in [3.63, 3.8) is 0 Å². The van der Waals surface area contributed by atoms with Gasteiger partial charge in [-0.15, -0.1) is 0 Å². The molecule has 0 aromatic rings. The summed E-state index contributed by atoms with van der Waals surface area (Å²) in [4.78, 5) is 7.65. The SMILES string of the molecule is C=N/C(=C\C=N/C)CCC. The summed E-state index contributed by atoms with van der Waals surface area (Å²) in [6.07, 6.45) is 5.70. The van der Waals surface area contributed by atoms with Crippen molar-refractivity contribution in [2.45, 2.75) is 19.8 Å². The molecule has 0 aliphatic carbocycles. The van der Waals surface area contributed by atoms with Crippen LogP contribution in [0.3, 0.4) is 0 Å². The Morgan fingerprint density at radius 3 is 2.70 bits per heavy atom. The maximum atomic E-state index is 3.84. The lowest BCUT2D eigenvalue weighted by molar-refractivity contribution is 0.897. The van der Waals surface area contributed by atoms with Crippen molar-refractivity contribution < 1.29 is 0 Å². The first-order chi connectivity index (χ1) is 4.85. The van der Waals surface area contributed by atoms with Crippen molar-refractivity contribution in [2.24, 2.45) is 9.98 Å². The number of hydrogen-bond donors (Lipinski definition) is 0. The average Bonchev–Trinajstić information content (AvgIpc) is 1.98. The lowest BCUT2D eigenvalue weighted by Gasteiger charge is -1.93. The van der Waals surface area contributed by atoms with E-state index < -0.39 is 0 Å². The number of nitrogens with zero attached hydrogens (tertiary/aromatic N) is 2. The average molecular weight is 138 g/mol. The molecular weight excluding hydrogens is 124 g/mol. The van der Waals surface area contributed by atoms with E-state index in [9.17, 15) is 0 Å². The third-order valence-corrected chi connectivity index (χ3v) is 1.13. The minimum absolute atomic E-state index is 0.982. The molecule has 0 saturated carbocycles.